The van der Waals surface area contributed by atoms with Gasteiger partial charge in [-0.3, -0.25) is 0 Å². The molecule has 14 heavy (non-hydrogen) atoms. The van der Waals surface area contributed by atoms with Crippen LogP contribution < -0.4 is 5.32 Å². The van der Waals surface area contributed by atoms with Crippen molar-refractivity contribution >= 4 is 0 Å². The molecule has 1 aliphatic heterocycles. The summed E-state index contributed by atoms with van der Waals surface area (Å²) in [5.74, 6) is 0. The van der Waals surface area contributed by atoms with Crippen molar-refractivity contribution in [2.24, 2.45) is 0 Å². The molecule has 0 aromatic heterocycles. The first-order valence-electron chi connectivity index (χ1n) is 5.34. The summed E-state index contributed by atoms with van der Waals surface area (Å²) in [5.41, 5.74) is 1.33. The number of hydrogen-bond donors (Lipinski definition) is 1. The van der Waals surface area contributed by atoms with Crippen LogP contribution in [0.1, 0.15) is 27.2 Å². The van der Waals surface area contributed by atoms with E-state index in [0.717, 1.165) is 26.2 Å². The van der Waals surface area contributed by atoms with Gasteiger partial charge in [0.25, 0.3) is 0 Å². The highest BCUT2D eigenvalue weighted by Crippen LogP contribution is 2.12. The van der Waals surface area contributed by atoms with Gasteiger partial charge < -0.3 is 14.8 Å². The van der Waals surface area contributed by atoms with Gasteiger partial charge in [0.2, 0.25) is 0 Å². The van der Waals surface area contributed by atoms with Gasteiger partial charge in [0.15, 0.2) is 6.29 Å². The van der Waals surface area contributed by atoms with Gasteiger partial charge in [0.1, 0.15) is 0 Å². The van der Waals surface area contributed by atoms with Gasteiger partial charge in [-0.25, -0.2) is 0 Å². The van der Waals surface area contributed by atoms with E-state index in [0.29, 0.717) is 6.04 Å². The van der Waals surface area contributed by atoms with Crippen molar-refractivity contribution in [2.75, 3.05) is 19.8 Å². The molecular weight excluding hydrogens is 178 g/mol. The molecular formula is C11H21NO2. The van der Waals surface area contributed by atoms with Crippen LogP contribution in [0.5, 0.6) is 0 Å². The number of ether oxygens (including phenoxy) is 2. The van der Waals surface area contributed by atoms with E-state index < -0.39 is 0 Å². The minimum Gasteiger partial charge on any atom is -0.350 e. The normalized spacial score (nSPS) is 19.6. The lowest BCUT2D eigenvalue weighted by molar-refractivity contribution is -0.0499. The Morgan fingerprint density at radius 2 is 2.07 bits per heavy atom. The fourth-order valence-electron chi connectivity index (χ4n) is 1.63. The molecule has 1 N–H and O–H groups in total. The average Bonchev–Trinajstić information content (AvgIpc) is 2.56. The molecule has 82 valence electrons. The van der Waals surface area contributed by atoms with E-state index in [-0.39, 0.29) is 6.29 Å². The molecule has 1 atom stereocenters. The third kappa shape index (κ3) is 4.22. The van der Waals surface area contributed by atoms with E-state index in [1.165, 1.54) is 5.57 Å². The zero-order valence-corrected chi connectivity index (χ0v) is 9.38. The molecule has 0 spiro atoms. The quantitative estimate of drug-likeness (QED) is 0.684. The van der Waals surface area contributed by atoms with Crippen molar-refractivity contribution in [3.63, 3.8) is 0 Å². The Bertz CT molecular complexity index is 182. The number of hydrogen-bond acceptors (Lipinski definition) is 3. The molecule has 1 aliphatic rings. The molecule has 0 aliphatic carbocycles. The molecule has 0 saturated carbocycles. The summed E-state index contributed by atoms with van der Waals surface area (Å²) in [6.07, 6.45) is 3.11. The van der Waals surface area contributed by atoms with E-state index in [2.05, 4.69) is 32.2 Å². The number of nitrogens with one attached hydrogen (secondary N) is 1. The summed E-state index contributed by atoms with van der Waals surface area (Å²) in [6.45, 7) is 8.78. The smallest absolute Gasteiger partial charge is 0.159 e. The second-order valence-corrected chi connectivity index (χ2v) is 3.82. The second-order valence-electron chi connectivity index (χ2n) is 3.82. The first kappa shape index (κ1) is 11.7. The highest BCUT2D eigenvalue weighted by Gasteiger charge is 2.19. The van der Waals surface area contributed by atoms with Crippen molar-refractivity contribution in [1.82, 2.24) is 5.32 Å². The molecule has 3 nitrogen and oxygen atoms in total. The van der Waals surface area contributed by atoms with Crippen LogP contribution in [-0.2, 0) is 9.47 Å². The van der Waals surface area contributed by atoms with Gasteiger partial charge >= 0.3 is 0 Å². The van der Waals surface area contributed by atoms with Crippen LogP contribution in [0.15, 0.2) is 11.6 Å². The number of likely N-dealkylation sites (N-methyl/N-ethyl adjacent to an activating group) is 1. The van der Waals surface area contributed by atoms with Crippen LogP contribution in [0.25, 0.3) is 0 Å². The van der Waals surface area contributed by atoms with Gasteiger partial charge in [0, 0.05) is 12.5 Å². The topological polar surface area (TPSA) is 30.5 Å². The molecule has 0 bridgehead atoms. The summed E-state index contributed by atoms with van der Waals surface area (Å²) in [4.78, 5) is 0. The van der Waals surface area contributed by atoms with Crippen LogP contribution in [0.2, 0.25) is 0 Å². The van der Waals surface area contributed by atoms with Crippen LogP contribution in [0, 0.1) is 0 Å². The SMILES string of the molecule is CCNC(C=C(C)C)CC1OCCO1. The van der Waals surface area contributed by atoms with E-state index in [1.807, 2.05) is 0 Å². The van der Waals surface area contributed by atoms with Crippen LogP contribution >= 0.6 is 0 Å². The highest BCUT2D eigenvalue weighted by atomic mass is 16.7. The minimum atomic E-state index is -0.0188. The van der Waals surface area contributed by atoms with E-state index in [9.17, 15) is 0 Å². The van der Waals surface area contributed by atoms with Crippen LogP contribution in [-0.4, -0.2) is 32.1 Å². The molecule has 1 heterocycles. The summed E-state index contributed by atoms with van der Waals surface area (Å²) in [7, 11) is 0. The fourth-order valence-corrected chi connectivity index (χ4v) is 1.63. The van der Waals surface area contributed by atoms with Gasteiger partial charge in [-0.15, -0.1) is 0 Å². The molecule has 1 fully saturated rings. The maximum absolute atomic E-state index is 5.42. The average molecular weight is 199 g/mol. The first-order valence-corrected chi connectivity index (χ1v) is 5.34. The molecule has 0 aromatic carbocycles. The lowest BCUT2D eigenvalue weighted by Crippen LogP contribution is -2.31. The summed E-state index contributed by atoms with van der Waals surface area (Å²) in [6, 6.07) is 0.369. The van der Waals surface area contributed by atoms with Gasteiger partial charge in [0.05, 0.1) is 13.2 Å². The zero-order chi connectivity index (χ0) is 10.4. The van der Waals surface area contributed by atoms with Crippen LogP contribution in [0.4, 0.5) is 0 Å². The van der Waals surface area contributed by atoms with Gasteiger partial charge in [-0.1, -0.05) is 18.6 Å². The third-order valence-corrected chi connectivity index (χ3v) is 2.14. The molecule has 0 amide bonds. The lowest BCUT2D eigenvalue weighted by atomic mass is 10.1. The Kier molecular flexibility index (Phi) is 5.15. The van der Waals surface area contributed by atoms with Crippen molar-refractivity contribution in [3.8, 4) is 0 Å². The molecule has 3 heteroatoms. The largest absolute Gasteiger partial charge is 0.350 e. The summed E-state index contributed by atoms with van der Waals surface area (Å²) in [5, 5.41) is 3.40. The van der Waals surface area contributed by atoms with Crippen molar-refractivity contribution in [3.05, 3.63) is 11.6 Å². The van der Waals surface area contributed by atoms with Crippen molar-refractivity contribution < 1.29 is 9.47 Å². The Balaban J connectivity index is 2.37. The maximum Gasteiger partial charge on any atom is 0.159 e. The molecule has 0 radical (unpaired) electrons. The van der Waals surface area contributed by atoms with E-state index >= 15 is 0 Å². The number of allylic oxidation sites excluding steroid dienone is 1. The zero-order valence-electron chi connectivity index (χ0n) is 9.38. The maximum atomic E-state index is 5.42. The summed E-state index contributed by atoms with van der Waals surface area (Å²) < 4.78 is 10.8. The van der Waals surface area contributed by atoms with E-state index in [4.69, 9.17) is 9.47 Å². The monoisotopic (exact) mass is 199 g/mol. The minimum absolute atomic E-state index is 0.0188. The van der Waals surface area contributed by atoms with Crippen LogP contribution in [0.3, 0.4) is 0 Å². The van der Waals surface area contributed by atoms with Gasteiger partial charge in [-0.2, -0.15) is 0 Å². The second kappa shape index (κ2) is 6.17. The van der Waals surface area contributed by atoms with Gasteiger partial charge in [-0.05, 0) is 20.4 Å². The third-order valence-electron chi connectivity index (χ3n) is 2.14. The first-order chi connectivity index (χ1) is 6.72. The molecule has 1 unspecified atom stereocenters. The lowest BCUT2D eigenvalue weighted by Gasteiger charge is -2.17. The Hall–Kier alpha value is -0.380. The Morgan fingerprint density at radius 3 is 2.57 bits per heavy atom. The molecule has 1 saturated heterocycles. The highest BCUT2D eigenvalue weighted by molar-refractivity contribution is 5.01. The number of rotatable bonds is 5. The standard InChI is InChI=1S/C11H21NO2/c1-4-12-10(7-9(2)3)8-11-13-5-6-14-11/h7,10-12H,4-6,8H2,1-3H3. The Labute approximate surface area is 86.5 Å². The predicted molar refractivity (Wildman–Crippen MR) is 57.2 cm³/mol. The fraction of sp³-hybridized carbons (Fsp3) is 0.818. The van der Waals surface area contributed by atoms with Crippen molar-refractivity contribution in [1.29, 1.82) is 0 Å². The molecule has 1 rings (SSSR count). The molecule has 0 aromatic rings. The Morgan fingerprint density at radius 1 is 1.43 bits per heavy atom. The van der Waals surface area contributed by atoms with E-state index in [1.54, 1.807) is 0 Å². The summed E-state index contributed by atoms with van der Waals surface area (Å²) >= 11 is 0. The van der Waals surface area contributed by atoms with Crippen molar-refractivity contribution in [2.45, 2.75) is 39.5 Å². The predicted octanol–water partition coefficient (Wildman–Crippen LogP) is 1.69.